The molecule has 0 fully saturated rings. The van der Waals surface area contributed by atoms with Gasteiger partial charge in [0.25, 0.3) is 6.43 Å². The molecule has 0 bridgehead atoms. The van der Waals surface area contributed by atoms with E-state index in [1.54, 1.807) is 0 Å². The summed E-state index contributed by atoms with van der Waals surface area (Å²) in [6, 6.07) is 0. The van der Waals surface area contributed by atoms with E-state index in [9.17, 15) is 31.1 Å². The molecule has 0 amide bonds. The number of alkyl halides is 6. The second-order valence-electron chi connectivity index (χ2n) is 4.11. The SMILES string of the molecule is CCc1nc(C(F)(F)F)nc(NCC(F)C(F)F)c1C(=O)O. The van der Waals surface area contributed by atoms with Gasteiger partial charge in [0, 0.05) is 0 Å². The van der Waals surface area contributed by atoms with Crippen molar-refractivity contribution in [3.05, 3.63) is 17.1 Å². The zero-order valence-corrected chi connectivity index (χ0v) is 11.1. The van der Waals surface area contributed by atoms with E-state index in [1.807, 2.05) is 5.32 Å². The van der Waals surface area contributed by atoms with E-state index in [1.165, 1.54) is 6.92 Å². The zero-order valence-electron chi connectivity index (χ0n) is 11.1. The molecular weight excluding hydrogens is 320 g/mol. The second-order valence-corrected chi connectivity index (χ2v) is 4.11. The summed E-state index contributed by atoms with van der Waals surface area (Å²) in [5, 5.41) is 10.9. The van der Waals surface area contributed by atoms with Crippen molar-refractivity contribution < 1.29 is 36.2 Å². The summed E-state index contributed by atoms with van der Waals surface area (Å²) in [5.74, 6) is -4.14. The van der Waals surface area contributed by atoms with Crippen LogP contribution in [-0.4, -0.2) is 40.2 Å². The number of carboxylic acids is 1. The number of carbonyl (C=O) groups is 1. The van der Waals surface area contributed by atoms with Crippen LogP contribution in [0.25, 0.3) is 0 Å². The summed E-state index contributed by atoms with van der Waals surface area (Å²) in [5.41, 5.74) is -1.15. The maximum absolute atomic E-state index is 12.8. The molecule has 1 heterocycles. The molecule has 0 aromatic carbocycles. The lowest BCUT2D eigenvalue weighted by atomic mass is 10.1. The smallest absolute Gasteiger partial charge is 0.451 e. The van der Waals surface area contributed by atoms with Gasteiger partial charge < -0.3 is 10.4 Å². The lowest BCUT2D eigenvalue weighted by Crippen LogP contribution is -2.26. The molecule has 1 rings (SSSR count). The average Bonchev–Trinajstić information content (AvgIpc) is 2.41. The number of hydrogen-bond acceptors (Lipinski definition) is 4. The number of aromatic carboxylic acids is 1. The molecule has 0 aliphatic rings. The number of aromatic nitrogens is 2. The summed E-state index contributed by atoms with van der Waals surface area (Å²) in [6.45, 7) is 0.269. The van der Waals surface area contributed by atoms with E-state index in [0.29, 0.717) is 0 Å². The van der Waals surface area contributed by atoms with Gasteiger partial charge in [0.1, 0.15) is 11.4 Å². The quantitative estimate of drug-likeness (QED) is 0.784. The van der Waals surface area contributed by atoms with Crippen LogP contribution in [0.5, 0.6) is 0 Å². The maximum Gasteiger partial charge on any atom is 0.451 e. The Hall–Kier alpha value is -2.07. The van der Waals surface area contributed by atoms with Gasteiger partial charge in [-0.2, -0.15) is 13.2 Å². The minimum Gasteiger partial charge on any atom is -0.477 e. The fourth-order valence-electron chi connectivity index (χ4n) is 1.53. The molecule has 11 heteroatoms. The van der Waals surface area contributed by atoms with Gasteiger partial charge in [0.2, 0.25) is 5.82 Å². The largest absolute Gasteiger partial charge is 0.477 e. The number of rotatable bonds is 6. The number of hydrogen-bond donors (Lipinski definition) is 2. The molecule has 0 radical (unpaired) electrons. The molecule has 0 aliphatic carbocycles. The second kappa shape index (κ2) is 6.79. The van der Waals surface area contributed by atoms with Crippen molar-refractivity contribution in [1.29, 1.82) is 0 Å². The predicted octanol–water partition coefficient (Wildman–Crippen LogP) is 2.77. The van der Waals surface area contributed by atoms with Crippen LogP contribution in [0.4, 0.5) is 32.2 Å². The predicted molar refractivity (Wildman–Crippen MR) is 62.8 cm³/mol. The summed E-state index contributed by atoms with van der Waals surface area (Å²) < 4.78 is 74.9. The van der Waals surface area contributed by atoms with Gasteiger partial charge in [0.05, 0.1) is 12.2 Å². The Morgan fingerprint density at radius 2 is 1.86 bits per heavy atom. The maximum atomic E-state index is 12.8. The van der Waals surface area contributed by atoms with Crippen molar-refractivity contribution in [3.8, 4) is 0 Å². The number of halogens is 6. The molecule has 0 spiro atoms. The fourth-order valence-corrected chi connectivity index (χ4v) is 1.53. The van der Waals surface area contributed by atoms with Crippen molar-refractivity contribution in [2.75, 3.05) is 11.9 Å². The Morgan fingerprint density at radius 3 is 2.27 bits per heavy atom. The minimum atomic E-state index is -4.96. The van der Waals surface area contributed by atoms with E-state index >= 15 is 0 Å². The van der Waals surface area contributed by atoms with Gasteiger partial charge in [-0.15, -0.1) is 0 Å². The first kappa shape index (κ1) is 18.0. The van der Waals surface area contributed by atoms with Gasteiger partial charge in [-0.3, -0.25) is 0 Å². The Labute approximate surface area is 120 Å². The van der Waals surface area contributed by atoms with E-state index in [-0.39, 0.29) is 6.42 Å². The van der Waals surface area contributed by atoms with E-state index in [2.05, 4.69) is 9.97 Å². The van der Waals surface area contributed by atoms with Crippen molar-refractivity contribution in [2.24, 2.45) is 0 Å². The lowest BCUT2D eigenvalue weighted by Gasteiger charge is -2.15. The summed E-state index contributed by atoms with van der Waals surface area (Å²) in [4.78, 5) is 17.2. The third-order valence-corrected chi connectivity index (χ3v) is 2.52. The van der Waals surface area contributed by atoms with E-state index in [4.69, 9.17) is 5.11 Å². The van der Waals surface area contributed by atoms with Crippen LogP contribution < -0.4 is 5.32 Å². The highest BCUT2D eigenvalue weighted by atomic mass is 19.4. The Morgan fingerprint density at radius 1 is 1.27 bits per heavy atom. The highest BCUT2D eigenvalue weighted by Gasteiger charge is 2.37. The van der Waals surface area contributed by atoms with Crippen molar-refractivity contribution in [3.63, 3.8) is 0 Å². The van der Waals surface area contributed by atoms with Gasteiger partial charge in [0.15, 0.2) is 6.17 Å². The topological polar surface area (TPSA) is 75.1 Å². The van der Waals surface area contributed by atoms with Gasteiger partial charge in [-0.05, 0) is 6.42 Å². The molecule has 0 saturated heterocycles. The number of carboxylic acid groups (broad SMARTS) is 1. The van der Waals surface area contributed by atoms with Crippen LogP contribution >= 0.6 is 0 Å². The molecule has 124 valence electrons. The van der Waals surface area contributed by atoms with Crippen molar-refractivity contribution >= 4 is 11.8 Å². The van der Waals surface area contributed by atoms with Crippen LogP contribution in [0.3, 0.4) is 0 Å². The molecule has 5 nitrogen and oxygen atoms in total. The number of nitrogens with zero attached hydrogens (tertiary/aromatic N) is 2. The average molecular weight is 331 g/mol. The molecule has 22 heavy (non-hydrogen) atoms. The monoisotopic (exact) mass is 331 g/mol. The van der Waals surface area contributed by atoms with Crippen molar-refractivity contribution in [1.82, 2.24) is 9.97 Å². The normalized spacial score (nSPS) is 13.3. The summed E-state index contributed by atoms with van der Waals surface area (Å²) in [7, 11) is 0. The minimum absolute atomic E-state index is 0.171. The molecule has 0 saturated carbocycles. The van der Waals surface area contributed by atoms with Crippen LogP contribution in [0.2, 0.25) is 0 Å². The van der Waals surface area contributed by atoms with Gasteiger partial charge >= 0.3 is 12.1 Å². The third-order valence-electron chi connectivity index (χ3n) is 2.52. The summed E-state index contributed by atoms with van der Waals surface area (Å²) >= 11 is 0. The highest BCUT2D eigenvalue weighted by Crippen LogP contribution is 2.29. The first-order valence-electron chi connectivity index (χ1n) is 5.95. The van der Waals surface area contributed by atoms with Gasteiger partial charge in [-0.25, -0.2) is 27.9 Å². The molecule has 1 atom stereocenters. The van der Waals surface area contributed by atoms with Gasteiger partial charge in [-0.1, -0.05) is 6.92 Å². The Balaban J connectivity index is 3.28. The van der Waals surface area contributed by atoms with E-state index in [0.717, 1.165) is 0 Å². The molecule has 1 unspecified atom stereocenters. The first-order chi connectivity index (χ1) is 10.1. The Kier molecular flexibility index (Phi) is 5.55. The lowest BCUT2D eigenvalue weighted by molar-refractivity contribution is -0.145. The number of nitrogens with one attached hydrogen (secondary N) is 1. The molecule has 1 aromatic heterocycles. The fraction of sp³-hybridized carbons (Fsp3) is 0.545. The molecule has 1 aromatic rings. The van der Waals surface area contributed by atoms with Crippen LogP contribution in [0.15, 0.2) is 0 Å². The molecule has 2 N–H and O–H groups in total. The van der Waals surface area contributed by atoms with Crippen LogP contribution in [0.1, 0.15) is 28.8 Å². The first-order valence-corrected chi connectivity index (χ1v) is 5.95. The van der Waals surface area contributed by atoms with Crippen LogP contribution in [-0.2, 0) is 12.6 Å². The van der Waals surface area contributed by atoms with Crippen molar-refractivity contribution in [2.45, 2.75) is 32.1 Å². The Bertz CT molecular complexity index is 549. The summed E-state index contributed by atoms with van der Waals surface area (Å²) in [6.07, 6.45) is -11.2. The number of aryl methyl sites for hydroxylation is 1. The highest BCUT2D eigenvalue weighted by molar-refractivity contribution is 5.94. The molecular formula is C11H11F6N3O2. The third kappa shape index (κ3) is 4.21. The zero-order chi connectivity index (χ0) is 17.1. The molecule has 0 aliphatic heterocycles. The number of anilines is 1. The van der Waals surface area contributed by atoms with E-state index < -0.39 is 54.2 Å². The standard InChI is InChI=1S/C11H11F6N3O2/c1-2-5-6(9(21)22)8(18-3-4(12)7(13)14)20-10(19-5)11(15,16)17/h4,7H,2-3H2,1H3,(H,21,22)(H,18,19,20). The van der Waals surface area contributed by atoms with Crippen LogP contribution in [0, 0.1) is 0 Å².